The van der Waals surface area contributed by atoms with Gasteiger partial charge < -0.3 is 10.1 Å². The van der Waals surface area contributed by atoms with Crippen molar-refractivity contribution in [1.29, 1.82) is 0 Å². The van der Waals surface area contributed by atoms with Crippen LogP contribution in [0.3, 0.4) is 0 Å². The highest BCUT2D eigenvalue weighted by molar-refractivity contribution is 5.92. The minimum atomic E-state index is -0.298. The minimum Gasteiger partial charge on any atom is -0.461 e. The summed E-state index contributed by atoms with van der Waals surface area (Å²) in [6.07, 6.45) is 4.34. The normalized spacial score (nSPS) is 11.8. The first-order valence-corrected chi connectivity index (χ1v) is 7.56. The van der Waals surface area contributed by atoms with Crippen LogP contribution in [0.25, 0.3) is 0 Å². The average Bonchev–Trinajstić information content (AvgIpc) is 2.46. The van der Waals surface area contributed by atoms with Crippen LogP contribution in [-0.2, 0) is 20.9 Å². The lowest BCUT2D eigenvalue weighted by Gasteiger charge is -2.12. The molecule has 1 aromatic carbocycles. The van der Waals surface area contributed by atoms with E-state index in [0.717, 1.165) is 30.5 Å². The maximum Gasteiger partial charge on any atom is 0.302 e. The average molecular weight is 291 g/mol. The molecule has 0 aliphatic carbocycles. The molecule has 1 aromatic rings. The maximum atomic E-state index is 12.0. The molecule has 0 saturated carbocycles. The van der Waals surface area contributed by atoms with Gasteiger partial charge >= 0.3 is 5.97 Å². The lowest BCUT2D eigenvalue weighted by atomic mass is 10.0. The number of rotatable bonds is 8. The van der Waals surface area contributed by atoms with E-state index >= 15 is 0 Å². The fourth-order valence-corrected chi connectivity index (χ4v) is 1.97. The third kappa shape index (κ3) is 6.93. The molecule has 1 amide bonds. The van der Waals surface area contributed by atoms with Crippen LogP contribution in [0.2, 0.25) is 0 Å². The summed E-state index contributed by atoms with van der Waals surface area (Å²) in [5, 5.41) is 2.91. The summed E-state index contributed by atoms with van der Waals surface area (Å²) < 4.78 is 4.92. The van der Waals surface area contributed by atoms with Crippen LogP contribution in [-0.4, -0.2) is 11.9 Å². The molecule has 0 saturated heterocycles. The zero-order valence-electron chi connectivity index (χ0n) is 13.1. The molecule has 0 heterocycles. The third-order valence-corrected chi connectivity index (χ3v) is 3.35. The van der Waals surface area contributed by atoms with Crippen molar-refractivity contribution >= 4 is 17.6 Å². The zero-order chi connectivity index (χ0) is 15.7. The molecule has 1 atom stereocenters. The fourth-order valence-electron chi connectivity index (χ4n) is 1.97. The summed E-state index contributed by atoms with van der Waals surface area (Å²) in [6, 6.07) is 7.35. The van der Waals surface area contributed by atoms with Crippen LogP contribution < -0.4 is 5.32 Å². The van der Waals surface area contributed by atoms with Gasteiger partial charge in [-0.2, -0.15) is 0 Å². The van der Waals surface area contributed by atoms with E-state index < -0.39 is 0 Å². The van der Waals surface area contributed by atoms with E-state index in [4.69, 9.17) is 4.74 Å². The molecule has 0 spiro atoms. The van der Waals surface area contributed by atoms with Gasteiger partial charge in [0.1, 0.15) is 6.61 Å². The van der Waals surface area contributed by atoms with Crippen molar-refractivity contribution in [3.63, 3.8) is 0 Å². The molecular formula is C17H25NO3. The van der Waals surface area contributed by atoms with Crippen LogP contribution in [0.5, 0.6) is 0 Å². The van der Waals surface area contributed by atoms with E-state index in [1.54, 1.807) is 0 Å². The number of esters is 1. The molecule has 0 aliphatic rings. The van der Waals surface area contributed by atoms with Crippen molar-refractivity contribution in [3.8, 4) is 0 Å². The van der Waals surface area contributed by atoms with Gasteiger partial charge in [0.2, 0.25) is 5.91 Å². The molecule has 0 aliphatic heterocycles. The van der Waals surface area contributed by atoms with E-state index in [-0.39, 0.29) is 24.4 Å². The Morgan fingerprint density at radius 2 is 1.86 bits per heavy atom. The van der Waals surface area contributed by atoms with Gasteiger partial charge in [-0.05, 0) is 24.1 Å². The van der Waals surface area contributed by atoms with E-state index in [1.165, 1.54) is 13.3 Å². The van der Waals surface area contributed by atoms with Gasteiger partial charge in [0, 0.05) is 18.5 Å². The van der Waals surface area contributed by atoms with Gasteiger partial charge in [-0.15, -0.1) is 0 Å². The smallest absolute Gasteiger partial charge is 0.302 e. The Morgan fingerprint density at radius 1 is 1.19 bits per heavy atom. The van der Waals surface area contributed by atoms with E-state index in [2.05, 4.69) is 12.2 Å². The van der Waals surface area contributed by atoms with E-state index in [9.17, 15) is 9.59 Å². The molecule has 4 heteroatoms. The Balaban J connectivity index is 2.43. The van der Waals surface area contributed by atoms with Crippen molar-refractivity contribution in [2.24, 2.45) is 5.92 Å². The van der Waals surface area contributed by atoms with Crippen LogP contribution in [0.4, 0.5) is 5.69 Å². The second-order valence-electron chi connectivity index (χ2n) is 5.36. The first-order chi connectivity index (χ1) is 10.0. The number of unbranched alkanes of at least 4 members (excludes halogenated alkanes) is 2. The van der Waals surface area contributed by atoms with E-state index in [1.807, 2.05) is 31.2 Å². The van der Waals surface area contributed by atoms with Gasteiger partial charge in [-0.1, -0.05) is 45.2 Å². The quantitative estimate of drug-likeness (QED) is 0.583. The predicted molar refractivity (Wildman–Crippen MR) is 83.8 cm³/mol. The number of ether oxygens (including phenoxy) is 1. The maximum absolute atomic E-state index is 12.0. The second-order valence-corrected chi connectivity index (χ2v) is 5.36. The summed E-state index contributed by atoms with van der Waals surface area (Å²) in [7, 11) is 0. The van der Waals surface area contributed by atoms with Gasteiger partial charge in [-0.3, -0.25) is 9.59 Å². The Kier molecular flexibility index (Phi) is 7.51. The highest BCUT2D eigenvalue weighted by atomic mass is 16.5. The van der Waals surface area contributed by atoms with Crippen molar-refractivity contribution in [2.75, 3.05) is 5.32 Å². The SMILES string of the molecule is CCCCC[C@H](C)C(=O)Nc1ccc(COC(C)=O)cc1. The molecule has 0 aromatic heterocycles. The van der Waals surface area contributed by atoms with Crippen molar-refractivity contribution < 1.29 is 14.3 Å². The fraction of sp³-hybridized carbons (Fsp3) is 0.529. The number of carbonyl (C=O) groups is 2. The molecule has 116 valence electrons. The zero-order valence-corrected chi connectivity index (χ0v) is 13.1. The standard InChI is InChI=1S/C17H25NO3/c1-4-5-6-7-13(2)17(20)18-16-10-8-15(9-11-16)12-21-14(3)19/h8-11,13H,4-7,12H2,1-3H3,(H,18,20)/t13-/m0/s1. The van der Waals surface area contributed by atoms with Gasteiger partial charge in [0.05, 0.1) is 0 Å². The predicted octanol–water partition coefficient (Wildman–Crippen LogP) is 3.90. The molecule has 1 N–H and O–H groups in total. The number of amides is 1. The Labute approximate surface area is 126 Å². The summed E-state index contributed by atoms with van der Waals surface area (Å²) in [5.74, 6) is -0.218. The van der Waals surface area contributed by atoms with Gasteiger partial charge in [-0.25, -0.2) is 0 Å². The summed E-state index contributed by atoms with van der Waals surface area (Å²) in [6.45, 7) is 5.76. The highest BCUT2D eigenvalue weighted by Gasteiger charge is 2.12. The number of benzene rings is 1. The monoisotopic (exact) mass is 291 g/mol. The van der Waals surface area contributed by atoms with Crippen molar-refractivity contribution in [2.45, 2.75) is 53.1 Å². The largest absolute Gasteiger partial charge is 0.461 e. The minimum absolute atomic E-state index is 0.0253. The number of anilines is 1. The third-order valence-electron chi connectivity index (χ3n) is 3.35. The van der Waals surface area contributed by atoms with Crippen LogP contribution in [0, 0.1) is 5.92 Å². The summed E-state index contributed by atoms with van der Waals surface area (Å²) in [5.41, 5.74) is 1.67. The molecule has 0 bridgehead atoms. The molecular weight excluding hydrogens is 266 g/mol. The molecule has 0 unspecified atom stereocenters. The topological polar surface area (TPSA) is 55.4 Å². The van der Waals surface area contributed by atoms with Crippen LogP contribution in [0.15, 0.2) is 24.3 Å². The lowest BCUT2D eigenvalue weighted by molar-refractivity contribution is -0.142. The van der Waals surface area contributed by atoms with E-state index in [0.29, 0.717) is 0 Å². The van der Waals surface area contributed by atoms with Crippen LogP contribution in [0.1, 0.15) is 52.0 Å². The van der Waals surface area contributed by atoms with Crippen LogP contribution >= 0.6 is 0 Å². The number of nitrogens with one attached hydrogen (secondary N) is 1. The summed E-state index contributed by atoms with van der Waals surface area (Å²) >= 11 is 0. The Morgan fingerprint density at radius 3 is 2.43 bits per heavy atom. The van der Waals surface area contributed by atoms with Gasteiger partial charge in [0.25, 0.3) is 0 Å². The summed E-state index contributed by atoms with van der Waals surface area (Å²) in [4.78, 5) is 22.8. The molecule has 1 rings (SSSR count). The van der Waals surface area contributed by atoms with Crippen molar-refractivity contribution in [3.05, 3.63) is 29.8 Å². The Bertz CT molecular complexity index is 454. The first-order valence-electron chi connectivity index (χ1n) is 7.56. The second kappa shape index (κ2) is 9.16. The molecule has 0 fully saturated rings. The number of hydrogen-bond donors (Lipinski definition) is 1. The number of carbonyl (C=O) groups excluding carboxylic acids is 2. The molecule has 21 heavy (non-hydrogen) atoms. The number of hydrogen-bond acceptors (Lipinski definition) is 3. The first kappa shape index (κ1) is 17.2. The molecule has 4 nitrogen and oxygen atoms in total. The molecule has 0 radical (unpaired) electrons. The van der Waals surface area contributed by atoms with Gasteiger partial charge in [0.15, 0.2) is 0 Å². The highest BCUT2D eigenvalue weighted by Crippen LogP contribution is 2.15. The lowest BCUT2D eigenvalue weighted by Crippen LogP contribution is -2.20. The Hall–Kier alpha value is -1.84. The van der Waals surface area contributed by atoms with Crippen molar-refractivity contribution in [1.82, 2.24) is 0 Å².